The summed E-state index contributed by atoms with van der Waals surface area (Å²) in [4.78, 5) is 24.6. The normalized spacial score (nSPS) is 10.2. The van der Waals surface area contributed by atoms with E-state index in [1.807, 2.05) is 43.3 Å². The molecule has 2 amide bonds. The first-order chi connectivity index (χ1) is 12.5. The van der Waals surface area contributed by atoms with Gasteiger partial charge in [0.05, 0.1) is 5.56 Å². The van der Waals surface area contributed by atoms with Crippen LogP contribution in [0.15, 0.2) is 72.8 Å². The molecule has 26 heavy (non-hydrogen) atoms. The average molecular weight is 456 g/mol. The summed E-state index contributed by atoms with van der Waals surface area (Å²) in [5.74, 6) is -0.323. The first-order valence-corrected chi connectivity index (χ1v) is 9.15. The van der Waals surface area contributed by atoms with E-state index in [1.54, 1.807) is 36.4 Å². The summed E-state index contributed by atoms with van der Waals surface area (Å²) >= 11 is 2.14. The summed E-state index contributed by atoms with van der Waals surface area (Å²) in [5.41, 5.74) is 3.62. The van der Waals surface area contributed by atoms with Crippen molar-refractivity contribution in [2.45, 2.75) is 6.92 Å². The largest absolute Gasteiger partial charge is 0.322 e. The summed E-state index contributed by atoms with van der Waals surface area (Å²) in [5, 5.41) is 5.72. The summed E-state index contributed by atoms with van der Waals surface area (Å²) in [7, 11) is 0. The van der Waals surface area contributed by atoms with Crippen molar-refractivity contribution in [1.82, 2.24) is 0 Å². The fourth-order valence-electron chi connectivity index (χ4n) is 2.47. The van der Waals surface area contributed by atoms with Crippen LogP contribution in [0.4, 0.5) is 11.4 Å². The molecule has 0 aromatic heterocycles. The molecule has 0 unspecified atom stereocenters. The second-order valence-corrected chi connectivity index (χ2v) is 7.00. The number of anilines is 2. The Morgan fingerprint density at radius 1 is 0.769 bits per heavy atom. The third-order valence-corrected chi connectivity index (χ3v) is 4.74. The van der Waals surface area contributed by atoms with Gasteiger partial charge in [0, 0.05) is 20.5 Å². The van der Waals surface area contributed by atoms with Gasteiger partial charge >= 0.3 is 0 Å². The summed E-state index contributed by atoms with van der Waals surface area (Å²) in [6.45, 7) is 1.95. The number of benzene rings is 3. The molecular weight excluding hydrogens is 439 g/mol. The van der Waals surface area contributed by atoms with Crippen LogP contribution in [0, 0.1) is 10.5 Å². The van der Waals surface area contributed by atoms with Crippen LogP contribution in [-0.2, 0) is 0 Å². The molecular formula is C21H17IN2O2. The van der Waals surface area contributed by atoms with Gasteiger partial charge in [0.2, 0.25) is 0 Å². The van der Waals surface area contributed by atoms with Crippen LogP contribution in [0.3, 0.4) is 0 Å². The van der Waals surface area contributed by atoms with Gasteiger partial charge in [-0.05, 0) is 78.0 Å². The molecule has 2 N–H and O–H groups in total. The number of carbonyl (C=O) groups excluding carboxylic acids is 2. The molecule has 4 nitrogen and oxygen atoms in total. The van der Waals surface area contributed by atoms with Crippen molar-refractivity contribution in [3.8, 4) is 0 Å². The van der Waals surface area contributed by atoms with Gasteiger partial charge in [0.15, 0.2) is 0 Å². The van der Waals surface area contributed by atoms with E-state index in [4.69, 9.17) is 0 Å². The Hall–Kier alpha value is -2.67. The van der Waals surface area contributed by atoms with Crippen molar-refractivity contribution in [2.75, 3.05) is 10.6 Å². The van der Waals surface area contributed by atoms with E-state index in [-0.39, 0.29) is 11.8 Å². The van der Waals surface area contributed by atoms with E-state index in [1.165, 1.54) is 0 Å². The Bertz CT molecular complexity index is 952. The lowest BCUT2D eigenvalue weighted by Crippen LogP contribution is -2.14. The third kappa shape index (κ3) is 4.49. The van der Waals surface area contributed by atoms with Crippen LogP contribution < -0.4 is 10.6 Å². The van der Waals surface area contributed by atoms with Crippen LogP contribution >= 0.6 is 22.6 Å². The van der Waals surface area contributed by atoms with E-state index < -0.39 is 0 Å². The van der Waals surface area contributed by atoms with E-state index >= 15 is 0 Å². The van der Waals surface area contributed by atoms with Gasteiger partial charge in [-0.2, -0.15) is 0 Å². The van der Waals surface area contributed by atoms with Crippen molar-refractivity contribution >= 4 is 45.8 Å². The van der Waals surface area contributed by atoms with Gasteiger partial charge in [-0.25, -0.2) is 0 Å². The number of nitrogens with one attached hydrogen (secondary N) is 2. The van der Waals surface area contributed by atoms with Gasteiger partial charge in [-0.15, -0.1) is 0 Å². The predicted molar refractivity (Wildman–Crippen MR) is 113 cm³/mol. The highest BCUT2D eigenvalue weighted by Crippen LogP contribution is 2.18. The third-order valence-electron chi connectivity index (χ3n) is 3.80. The smallest absolute Gasteiger partial charge is 0.256 e. The molecule has 130 valence electrons. The molecule has 0 aliphatic rings. The second-order valence-electron chi connectivity index (χ2n) is 5.83. The second kappa shape index (κ2) is 8.14. The monoisotopic (exact) mass is 456 g/mol. The SMILES string of the molecule is Cc1cccc(C(=O)Nc2ccc(NC(=O)c3ccccc3I)cc2)c1. The number of carbonyl (C=O) groups is 2. The van der Waals surface area contributed by atoms with Gasteiger partial charge < -0.3 is 10.6 Å². The van der Waals surface area contributed by atoms with E-state index in [0.717, 1.165) is 9.13 Å². The molecule has 0 saturated heterocycles. The maximum atomic E-state index is 12.3. The fourth-order valence-corrected chi connectivity index (χ4v) is 3.10. The van der Waals surface area contributed by atoms with Gasteiger partial charge in [-0.1, -0.05) is 29.8 Å². The van der Waals surface area contributed by atoms with E-state index in [2.05, 4.69) is 33.2 Å². The van der Waals surface area contributed by atoms with Crippen LogP contribution in [0.5, 0.6) is 0 Å². The lowest BCUT2D eigenvalue weighted by Gasteiger charge is -2.09. The van der Waals surface area contributed by atoms with Gasteiger partial charge in [-0.3, -0.25) is 9.59 Å². The standard InChI is InChI=1S/C21H17IN2O2/c1-14-5-4-6-15(13-14)20(25)23-16-9-11-17(12-10-16)24-21(26)18-7-2-3-8-19(18)22/h2-13H,1H3,(H,23,25)(H,24,26). The molecule has 0 aliphatic carbocycles. The first kappa shape index (κ1) is 18.1. The molecule has 5 heteroatoms. The molecule has 0 radical (unpaired) electrons. The summed E-state index contributed by atoms with van der Waals surface area (Å²) < 4.78 is 0.893. The molecule has 3 rings (SSSR count). The van der Waals surface area contributed by atoms with Crippen LogP contribution in [0.2, 0.25) is 0 Å². The zero-order valence-corrected chi connectivity index (χ0v) is 16.3. The fraction of sp³-hybridized carbons (Fsp3) is 0.0476. The zero-order chi connectivity index (χ0) is 18.5. The van der Waals surface area contributed by atoms with Crippen molar-refractivity contribution in [3.05, 3.63) is 93.1 Å². The van der Waals surface area contributed by atoms with Crippen molar-refractivity contribution in [2.24, 2.45) is 0 Å². The minimum absolute atomic E-state index is 0.161. The molecule has 3 aromatic carbocycles. The molecule has 0 fully saturated rings. The van der Waals surface area contributed by atoms with E-state index in [0.29, 0.717) is 22.5 Å². The van der Waals surface area contributed by atoms with Crippen LogP contribution in [-0.4, -0.2) is 11.8 Å². The highest BCUT2D eigenvalue weighted by Gasteiger charge is 2.10. The number of halogens is 1. The highest BCUT2D eigenvalue weighted by molar-refractivity contribution is 14.1. The Kier molecular flexibility index (Phi) is 5.68. The van der Waals surface area contributed by atoms with Crippen LogP contribution in [0.25, 0.3) is 0 Å². The molecule has 0 bridgehead atoms. The van der Waals surface area contributed by atoms with Gasteiger partial charge in [0.25, 0.3) is 11.8 Å². The molecule has 0 saturated carbocycles. The van der Waals surface area contributed by atoms with Crippen LogP contribution in [0.1, 0.15) is 26.3 Å². The minimum Gasteiger partial charge on any atom is -0.322 e. The molecule has 0 aliphatic heterocycles. The van der Waals surface area contributed by atoms with Crippen molar-refractivity contribution in [3.63, 3.8) is 0 Å². The summed E-state index contributed by atoms with van der Waals surface area (Å²) in [6, 6.07) is 21.9. The average Bonchev–Trinajstić information content (AvgIpc) is 2.63. The van der Waals surface area contributed by atoms with Crippen molar-refractivity contribution in [1.29, 1.82) is 0 Å². The van der Waals surface area contributed by atoms with E-state index in [9.17, 15) is 9.59 Å². The van der Waals surface area contributed by atoms with Gasteiger partial charge in [0.1, 0.15) is 0 Å². The lowest BCUT2D eigenvalue weighted by molar-refractivity contribution is 0.101. The Morgan fingerprint density at radius 3 is 2.00 bits per heavy atom. The Labute approximate surface area is 165 Å². The predicted octanol–water partition coefficient (Wildman–Crippen LogP) is 5.10. The Balaban J connectivity index is 1.66. The minimum atomic E-state index is -0.163. The maximum absolute atomic E-state index is 12.3. The lowest BCUT2D eigenvalue weighted by atomic mass is 10.1. The molecule has 0 heterocycles. The quantitative estimate of drug-likeness (QED) is 0.537. The number of aryl methyl sites for hydroxylation is 1. The molecule has 3 aromatic rings. The zero-order valence-electron chi connectivity index (χ0n) is 14.1. The topological polar surface area (TPSA) is 58.2 Å². The first-order valence-electron chi connectivity index (χ1n) is 8.07. The summed E-state index contributed by atoms with van der Waals surface area (Å²) in [6.07, 6.45) is 0. The maximum Gasteiger partial charge on any atom is 0.256 e. The molecule has 0 atom stereocenters. The van der Waals surface area contributed by atoms with Crippen molar-refractivity contribution < 1.29 is 9.59 Å². The Morgan fingerprint density at radius 2 is 1.38 bits per heavy atom. The number of rotatable bonds is 4. The number of hydrogen-bond acceptors (Lipinski definition) is 2. The number of hydrogen-bond donors (Lipinski definition) is 2. The highest BCUT2D eigenvalue weighted by atomic mass is 127. The molecule has 0 spiro atoms. The number of amides is 2.